The van der Waals surface area contributed by atoms with Gasteiger partial charge in [-0.05, 0) is 19.3 Å². The number of hydrogen-bond donors (Lipinski definition) is 0. The maximum atomic E-state index is 6.27. The first-order valence-electron chi connectivity index (χ1n) is 6.90. The maximum absolute atomic E-state index is 6.27. The largest absolute Gasteiger partial charge is 0.381 e. The van der Waals surface area contributed by atoms with Gasteiger partial charge in [0.15, 0.2) is 0 Å². The highest BCUT2D eigenvalue weighted by molar-refractivity contribution is 6.30. The van der Waals surface area contributed by atoms with E-state index in [2.05, 4.69) is 4.98 Å². The first-order chi connectivity index (χ1) is 9.74. The number of rotatable bonds is 3. The van der Waals surface area contributed by atoms with E-state index in [4.69, 9.17) is 21.3 Å². The average molecular weight is 289 g/mol. The summed E-state index contributed by atoms with van der Waals surface area (Å²) in [6, 6.07) is 10.1. The van der Waals surface area contributed by atoms with Crippen LogP contribution in [0.2, 0.25) is 5.15 Å². The molecule has 0 radical (unpaired) electrons. The van der Waals surface area contributed by atoms with Crippen molar-refractivity contribution in [2.45, 2.75) is 19.8 Å². The van der Waals surface area contributed by atoms with Crippen molar-refractivity contribution < 1.29 is 4.74 Å². The highest BCUT2D eigenvalue weighted by Crippen LogP contribution is 2.27. The lowest BCUT2D eigenvalue weighted by molar-refractivity contribution is 0.185. The van der Waals surface area contributed by atoms with Crippen LogP contribution in [0.25, 0.3) is 11.3 Å². The summed E-state index contributed by atoms with van der Waals surface area (Å²) in [6.07, 6.45) is 1.91. The second-order valence-corrected chi connectivity index (χ2v) is 5.56. The summed E-state index contributed by atoms with van der Waals surface area (Å²) in [6.45, 7) is 3.61. The van der Waals surface area contributed by atoms with Crippen LogP contribution in [0.3, 0.4) is 0 Å². The summed E-state index contributed by atoms with van der Waals surface area (Å²) in [4.78, 5) is 9.14. The zero-order chi connectivity index (χ0) is 13.9. The molecule has 0 aliphatic carbocycles. The van der Waals surface area contributed by atoms with E-state index in [1.54, 1.807) is 0 Å². The zero-order valence-corrected chi connectivity index (χ0v) is 12.2. The lowest BCUT2D eigenvalue weighted by Crippen LogP contribution is -2.09. The van der Waals surface area contributed by atoms with E-state index in [-0.39, 0.29) is 0 Å². The molecule has 2 heterocycles. The predicted molar refractivity (Wildman–Crippen MR) is 79.8 cm³/mol. The molecule has 1 fully saturated rings. The Bertz CT molecular complexity index is 595. The third-order valence-electron chi connectivity index (χ3n) is 3.68. The molecule has 0 bridgehead atoms. The maximum Gasteiger partial charge on any atom is 0.136 e. The van der Waals surface area contributed by atoms with Gasteiger partial charge in [0.05, 0.1) is 5.69 Å². The molecule has 1 unspecified atom stereocenters. The molecule has 20 heavy (non-hydrogen) atoms. The Hall–Kier alpha value is -1.45. The summed E-state index contributed by atoms with van der Waals surface area (Å²) in [5.41, 5.74) is 2.95. The smallest absolute Gasteiger partial charge is 0.136 e. The molecule has 3 rings (SSSR count). The Morgan fingerprint density at radius 2 is 2.05 bits per heavy atom. The van der Waals surface area contributed by atoms with E-state index in [0.717, 1.165) is 48.7 Å². The monoisotopic (exact) mass is 288 g/mol. The highest BCUT2D eigenvalue weighted by atomic mass is 35.5. The number of hydrogen-bond acceptors (Lipinski definition) is 3. The van der Waals surface area contributed by atoms with Gasteiger partial charge in [0.2, 0.25) is 0 Å². The van der Waals surface area contributed by atoms with E-state index in [9.17, 15) is 0 Å². The number of ether oxygens (including phenoxy) is 1. The molecule has 1 aromatic carbocycles. The summed E-state index contributed by atoms with van der Waals surface area (Å²) < 4.78 is 5.41. The molecule has 3 nitrogen and oxygen atoms in total. The SMILES string of the molecule is Cc1c(Cl)nc(CC2CCOC2)nc1-c1ccccc1. The third kappa shape index (κ3) is 2.84. The molecular formula is C16H17ClN2O. The van der Waals surface area contributed by atoms with Crippen molar-refractivity contribution in [3.8, 4) is 11.3 Å². The molecule has 104 valence electrons. The minimum Gasteiger partial charge on any atom is -0.381 e. The van der Waals surface area contributed by atoms with Gasteiger partial charge in [-0.25, -0.2) is 9.97 Å². The quantitative estimate of drug-likeness (QED) is 0.808. The molecule has 1 aliphatic rings. The molecule has 1 atom stereocenters. The van der Waals surface area contributed by atoms with Crippen LogP contribution < -0.4 is 0 Å². The average Bonchev–Trinajstić information content (AvgIpc) is 2.96. The van der Waals surface area contributed by atoms with Gasteiger partial charge in [-0.1, -0.05) is 41.9 Å². The van der Waals surface area contributed by atoms with Crippen molar-refractivity contribution in [1.82, 2.24) is 9.97 Å². The van der Waals surface area contributed by atoms with Crippen molar-refractivity contribution in [2.24, 2.45) is 5.92 Å². The van der Waals surface area contributed by atoms with Gasteiger partial charge in [0.25, 0.3) is 0 Å². The zero-order valence-electron chi connectivity index (χ0n) is 11.5. The lowest BCUT2D eigenvalue weighted by Gasteiger charge is -2.11. The topological polar surface area (TPSA) is 35.0 Å². The Kier molecular flexibility index (Phi) is 3.99. The van der Waals surface area contributed by atoms with Crippen molar-refractivity contribution >= 4 is 11.6 Å². The lowest BCUT2D eigenvalue weighted by atomic mass is 10.0. The fourth-order valence-corrected chi connectivity index (χ4v) is 2.69. The van der Waals surface area contributed by atoms with Gasteiger partial charge in [0.1, 0.15) is 11.0 Å². The minimum atomic E-state index is 0.511. The van der Waals surface area contributed by atoms with Crippen molar-refractivity contribution in [2.75, 3.05) is 13.2 Å². The van der Waals surface area contributed by atoms with Crippen LogP contribution >= 0.6 is 11.6 Å². The van der Waals surface area contributed by atoms with Gasteiger partial charge in [0, 0.05) is 30.8 Å². The van der Waals surface area contributed by atoms with E-state index in [1.165, 1.54) is 0 Å². The predicted octanol–water partition coefficient (Wildman–Crippen LogP) is 3.68. The summed E-state index contributed by atoms with van der Waals surface area (Å²) >= 11 is 6.27. The molecule has 1 aliphatic heterocycles. The van der Waals surface area contributed by atoms with Gasteiger partial charge in [-0.3, -0.25) is 0 Å². The van der Waals surface area contributed by atoms with Gasteiger partial charge in [-0.2, -0.15) is 0 Å². The molecule has 4 heteroatoms. The van der Waals surface area contributed by atoms with E-state index in [1.807, 2.05) is 37.3 Å². The van der Waals surface area contributed by atoms with Crippen LogP contribution in [-0.4, -0.2) is 23.2 Å². The number of benzene rings is 1. The molecule has 0 spiro atoms. The van der Waals surface area contributed by atoms with Crippen LogP contribution in [0.5, 0.6) is 0 Å². The Labute approximate surface area is 124 Å². The fraction of sp³-hybridized carbons (Fsp3) is 0.375. The van der Waals surface area contributed by atoms with E-state index < -0.39 is 0 Å². The van der Waals surface area contributed by atoms with Crippen LogP contribution in [0.15, 0.2) is 30.3 Å². The van der Waals surface area contributed by atoms with Crippen LogP contribution in [-0.2, 0) is 11.2 Å². The minimum absolute atomic E-state index is 0.511. The van der Waals surface area contributed by atoms with Crippen molar-refractivity contribution in [3.05, 3.63) is 46.9 Å². The molecule has 0 N–H and O–H groups in total. The molecule has 0 amide bonds. The molecule has 2 aromatic rings. The van der Waals surface area contributed by atoms with Gasteiger partial charge >= 0.3 is 0 Å². The molecule has 0 saturated carbocycles. The number of aromatic nitrogens is 2. The van der Waals surface area contributed by atoms with Crippen LogP contribution in [0.4, 0.5) is 0 Å². The van der Waals surface area contributed by atoms with Crippen LogP contribution in [0, 0.1) is 12.8 Å². The van der Waals surface area contributed by atoms with E-state index >= 15 is 0 Å². The first kappa shape index (κ1) is 13.5. The fourth-order valence-electron chi connectivity index (χ4n) is 2.50. The summed E-state index contributed by atoms with van der Waals surface area (Å²) in [7, 11) is 0. The summed E-state index contributed by atoms with van der Waals surface area (Å²) in [5, 5.41) is 0.549. The molecule has 1 aromatic heterocycles. The van der Waals surface area contributed by atoms with Crippen molar-refractivity contribution in [1.29, 1.82) is 0 Å². The van der Waals surface area contributed by atoms with Crippen LogP contribution in [0.1, 0.15) is 17.8 Å². The highest BCUT2D eigenvalue weighted by Gasteiger charge is 2.19. The summed E-state index contributed by atoms with van der Waals surface area (Å²) in [5.74, 6) is 1.33. The first-order valence-corrected chi connectivity index (χ1v) is 7.28. The van der Waals surface area contributed by atoms with Gasteiger partial charge < -0.3 is 4.74 Å². The third-order valence-corrected chi connectivity index (χ3v) is 4.04. The Morgan fingerprint density at radius 3 is 2.75 bits per heavy atom. The molecule has 1 saturated heterocycles. The standard InChI is InChI=1S/C16H17ClN2O/c1-11-15(13-5-3-2-4-6-13)18-14(19-16(11)17)9-12-7-8-20-10-12/h2-6,12H,7-10H2,1H3. The van der Waals surface area contributed by atoms with Crippen molar-refractivity contribution in [3.63, 3.8) is 0 Å². The molecular weight excluding hydrogens is 272 g/mol. The Balaban J connectivity index is 1.95. The van der Waals surface area contributed by atoms with E-state index in [0.29, 0.717) is 11.1 Å². The van der Waals surface area contributed by atoms with Gasteiger partial charge in [-0.15, -0.1) is 0 Å². The number of halogens is 1. The number of nitrogens with zero attached hydrogens (tertiary/aromatic N) is 2. The Morgan fingerprint density at radius 1 is 1.25 bits per heavy atom. The second-order valence-electron chi connectivity index (χ2n) is 5.20. The normalized spacial score (nSPS) is 18.4. The second kappa shape index (κ2) is 5.90.